The summed E-state index contributed by atoms with van der Waals surface area (Å²) >= 11 is 0. The molecule has 0 bridgehead atoms. The Morgan fingerprint density at radius 3 is 2.80 bits per heavy atom. The van der Waals surface area contributed by atoms with Gasteiger partial charge in [-0.2, -0.15) is 0 Å². The van der Waals surface area contributed by atoms with Gasteiger partial charge in [0, 0.05) is 38.9 Å². The van der Waals surface area contributed by atoms with Crippen molar-refractivity contribution in [3.05, 3.63) is 24.0 Å². The van der Waals surface area contributed by atoms with Gasteiger partial charge in [0.25, 0.3) is 5.91 Å². The minimum absolute atomic E-state index is 0.0111. The second kappa shape index (κ2) is 6.48. The maximum Gasteiger partial charge on any atom is 0.270 e. The monoisotopic (exact) mass is 344 g/mol. The highest BCUT2D eigenvalue weighted by Crippen LogP contribution is 2.44. The average molecular weight is 344 g/mol. The zero-order valence-corrected chi connectivity index (χ0v) is 15.0. The molecule has 0 saturated carbocycles. The molecule has 0 aromatic carbocycles. The molecular formula is C19H28N4O2. The molecular weight excluding hydrogens is 316 g/mol. The van der Waals surface area contributed by atoms with Gasteiger partial charge in [-0.1, -0.05) is 6.92 Å². The molecule has 4 heterocycles. The molecule has 2 amide bonds. The summed E-state index contributed by atoms with van der Waals surface area (Å²) in [6.45, 7) is 8.35. The fourth-order valence-electron chi connectivity index (χ4n) is 4.80. The van der Waals surface area contributed by atoms with Crippen LogP contribution in [0.4, 0.5) is 0 Å². The SMILES string of the molecule is C[C@@H]1CN(C(=O)c2ccc[nH]2)C[C@]12CCN(CCN1CCCC1)C2=O. The maximum absolute atomic E-state index is 13.2. The molecule has 25 heavy (non-hydrogen) atoms. The largest absolute Gasteiger partial charge is 0.357 e. The maximum atomic E-state index is 13.2. The highest BCUT2D eigenvalue weighted by atomic mass is 16.2. The summed E-state index contributed by atoms with van der Waals surface area (Å²) in [5.74, 6) is 0.494. The molecule has 1 spiro atoms. The number of H-pyrrole nitrogens is 1. The molecule has 4 rings (SSSR count). The van der Waals surface area contributed by atoms with Gasteiger partial charge in [0.2, 0.25) is 5.91 Å². The van der Waals surface area contributed by atoms with Crippen molar-refractivity contribution in [3.8, 4) is 0 Å². The van der Waals surface area contributed by atoms with Crippen molar-refractivity contribution >= 4 is 11.8 Å². The van der Waals surface area contributed by atoms with Crippen molar-refractivity contribution in [1.82, 2.24) is 19.7 Å². The molecule has 1 N–H and O–H groups in total. The summed E-state index contributed by atoms with van der Waals surface area (Å²) in [5, 5.41) is 0. The third kappa shape index (κ3) is 2.86. The van der Waals surface area contributed by atoms with Gasteiger partial charge in [0.05, 0.1) is 5.41 Å². The second-order valence-electron chi connectivity index (χ2n) is 7.92. The first-order valence-electron chi connectivity index (χ1n) is 9.54. The highest BCUT2D eigenvalue weighted by Gasteiger charge is 2.55. The number of aromatic nitrogens is 1. The lowest BCUT2D eigenvalue weighted by Crippen LogP contribution is -2.42. The Morgan fingerprint density at radius 2 is 2.08 bits per heavy atom. The first-order valence-corrected chi connectivity index (χ1v) is 9.54. The average Bonchev–Trinajstić information content (AvgIpc) is 3.38. The number of likely N-dealkylation sites (tertiary alicyclic amines) is 3. The number of amides is 2. The Balaban J connectivity index is 1.41. The van der Waals surface area contributed by atoms with Gasteiger partial charge in [-0.3, -0.25) is 9.59 Å². The fraction of sp³-hybridized carbons (Fsp3) is 0.684. The van der Waals surface area contributed by atoms with Gasteiger partial charge in [0.1, 0.15) is 5.69 Å². The van der Waals surface area contributed by atoms with Crippen molar-refractivity contribution in [2.24, 2.45) is 11.3 Å². The summed E-state index contributed by atoms with van der Waals surface area (Å²) in [6.07, 6.45) is 5.21. The third-order valence-electron chi connectivity index (χ3n) is 6.45. The molecule has 3 saturated heterocycles. The minimum atomic E-state index is -0.368. The van der Waals surface area contributed by atoms with Crippen molar-refractivity contribution in [2.75, 3.05) is 45.8 Å². The molecule has 0 aliphatic carbocycles. The first kappa shape index (κ1) is 16.6. The van der Waals surface area contributed by atoms with Crippen LogP contribution in [0.3, 0.4) is 0 Å². The van der Waals surface area contributed by atoms with E-state index in [-0.39, 0.29) is 23.1 Å². The van der Waals surface area contributed by atoms with E-state index in [4.69, 9.17) is 0 Å². The predicted molar refractivity (Wildman–Crippen MR) is 95.2 cm³/mol. The van der Waals surface area contributed by atoms with Crippen LogP contribution in [0.2, 0.25) is 0 Å². The van der Waals surface area contributed by atoms with Crippen LogP contribution in [0.5, 0.6) is 0 Å². The lowest BCUT2D eigenvalue weighted by molar-refractivity contribution is -0.137. The van der Waals surface area contributed by atoms with E-state index in [0.29, 0.717) is 18.8 Å². The van der Waals surface area contributed by atoms with Gasteiger partial charge in [0.15, 0.2) is 0 Å². The molecule has 6 nitrogen and oxygen atoms in total. The summed E-state index contributed by atoms with van der Waals surface area (Å²) in [7, 11) is 0. The fourth-order valence-corrected chi connectivity index (χ4v) is 4.80. The zero-order valence-electron chi connectivity index (χ0n) is 15.0. The highest BCUT2D eigenvalue weighted by molar-refractivity contribution is 5.94. The van der Waals surface area contributed by atoms with Gasteiger partial charge < -0.3 is 19.7 Å². The number of nitrogens with one attached hydrogen (secondary N) is 1. The van der Waals surface area contributed by atoms with Crippen LogP contribution in [-0.4, -0.2) is 77.3 Å². The predicted octanol–water partition coefficient (Wildman–Crippen LogP) is 1.42. The van der Waals surface area contributed by atoms with E-state index >= 15 is 0 Å². The molecule has 6 heteroatoms. The number of carbonyl (C=O) groups is 2. The third-order valence-corrected chi connectivity index (χ3v) is 6.45. The van der Waals surface area contributed by atoms with Crippen LogP contribution >= 0.6 is 0 Å². The smallest absolute Gasteiger partial charge is 0.270 e. The lowest BCUT2D eigenvalue weighted by atomic mass is 9.78. The van der Waals surface area contributed by atoms with Gasteiger partial charge in [-0.25, -0.2) is 0 Å². The summed E-state index contributed by atoms with van der Waals surface area (Å²) in [5.41, 5.74) is 0.244. The molecule has 1 aromatic rings. The van der Waals surface area contributed by atoms with Crippen LogP contribution in [0, 0.1) is 11.3 Å². The van der Waals surface area contributed by atoms with Crippen LogP contribution < -0.4 is 0 Å². The Hall–Kier alpha value is -1.82. The number of hydrogen-bond acceptors (Lipinski definition) is 3. The Morgan fingerprint density at radius 1 is 1.28 bits per heavy atom. The van der Waals surface area contributed by atoms with E-state index in [1.54, 1.807) is 12.3 Å². The van der Waals surface area contributed by atoms with E-state index in [9.17, 15) is 9.59 Å². The molecule has 136 valence electrons. The molecule has 1 aromatic heterocycles. The zero-order chi connectivity index (χ0) is 17.4. The van der Waals surface area contributed by atoms with Crippen molar-refractivity contribution in [2.45, 2.75) is 26.2 Å². The first-order chi connectivity index (χ1) is 12.1. The number of carbonyl (C=O) groups excluding carboxylic acids is 2. The number of hydrogen-bond donors (Lipinski definition) is 1. The second-order valence-corrected chi connectivity index (χ2v) is 7.92. The Labute approximate surface area is 149 Å². The van der Waals surface area contributed by atoms with E-state index in [1.165, 1.54) is 25.9 Å². The standard InChI is InChI=1S/C19H28N4O2/c1-15-13-23(17(24)16-5-4-7-20-16)14-19(15)6-10-22(18(19)25)12-11-21-8-2-3-9-21/h4-5,7,15,20H,2-3,6,8-14H2,1H3/t15-,19-/m1/s1. The lowest BCUT2D eigenvalue weighted by Gasteiger charge is -2.27. The minimum Gasteiger partial charge on any atom is -0.357 e. The van der Waals surface area contributed by atoms with E-state index in [0.717, 1.165) is 26.1 Å². The number of nitrogens with zero attached hydrogens (tertiary/aromatic N) is 3. The molecule has 3 aliphatic heterocycles. The van der Waals surface area contributed by atoms with Gasteiger partial charge in [-0.05, 0) is 50.4 Å². The summed E-state index contributed by atoms with van der Waals surface area (Å²) in [4.78, 5) is 35.1. The van der Waals surface area contributed by atoms with Crippen molar-refractivity contribution in [3.63, 3.8) is 0 Å². The Kier molecular flexibility index (Phi) is 4.31. The summed E-state index contributed by atoms with van der Waals surface area (Å²) in [6, 6.07) is 3.64. The number of rotatable bonds is 4. The molecule has 0 unspecified atom stereocenters. The summed E-state index contributed by atoms with van der Waals surface area (Å²) < 4.78 is 0. The molecule has 0 radical (unpaired) electrons. The van der Waals surface area contributed by atoms with E-state index < -0.39 is 0 Å². The van der Waals surface area contributed by atoms with Crippen molar-refractivity contribution in [1.29, 1.82) is 0 Å². The van der Waals surface area contributed by atoms with Crippen LogP contribution in [0.25, 0.3) is 0 Å². The van der Waals surface area contributed by atoms with Crippen LogP contribution in [-0.2, 0) is 4.79 Å². The van der Waals surface area contributed by atoms with Crippen molar-refractivity contribution < 1.29 is 9.59 Å². The molecule has 3 aliphatic rings. The Bertz CT molecular complexity index is 638. The van der Waals surface area contributed by atoms with E-state index in [2.05, 4.69) is 16.8 Å². The molecule has 3 fully saturated rings. The van der Waals surface area contributed by atoms with Gasteiger partial charge >= 0.3 is 0 Å². The van der Waals surface area contributed by atoms with Gasteiger partial charge in [-0.15, -0.1) is 0 Å². The van der Waals surface area contributed by atoms with E-state index in [1.807, 2.05) is 15.9 Å². The number of aromatic amines is 1. The van der Waals surface area contributed by atoms with Crippen LogP contribution in [0.1, 0.15) is 36.7 Å². The quantitative estimate of drug-likeness (QED) is 0.899. The normalized spacial score (nSPS) is 30.1. The molecule has 2 atom stereocenters. The van der Waals surface area contributed by atoms with Crippen LogP contribution in [0.15, 0.2) is 18.3 Å². The topological polar surface area (TPSA) is 59.7 Å².